The normalized spacial score (nSPS) is 12.7. The van der Waals surface area contributed by atoms with Crippen molar-refractivity contribution in [3.05, 3.63) is 27.0 Å². The Kier molecular flexibility index (Phi) is 3.68. The van der Waals surface area contributed by atoms with Gasteiger partial charge in [0.25, 0.3) is 5.56 Å². The van der Waals surface area contributed by atoms with Gasteiger partial charge in [0.1, 0.15) is 5.69 Å². The monoisotopic (exact) mass is 213 g/mol. The third-order valence-electron chi connectivity index (χ3n) is 2.06. The van der Waals surface area contributed by atoms with E-state index < -0.39 is 11.2 Å². The molecule has 0 aliphatic rings. The minimum Gasteiger partial charge on any atom is -0.393 e. The molecule has 1 heterocycles. The SMILES string of the molecule is CC(O)CCCn1cc(N)c(=O)[nH]c1=O. The van der Waals surface area contributed by atoms with Crippen molar-refractivity contribution in [3.63, 3.8) is 0 Å². The smallest absolute Gasteiger partial charge is 0.328 e. The Bertz CT molecular complexity index is 433. The van der Waals surface area contributed by atoms with E-state index in [0.717, 1.165) is 0 Å². The number of nitrogens with two attached hydrogens (primary N) is 1. The maximum atomic E-state index is 11.3. The lowest BCUT2D eigenvalue weighted by Crippen LogP contribution is -2.31. The zero-order chi connectivity index (χ0) is 11.4. The van der Waals surface area contributed by atoms with Crippen molar-refractivity contribution in [2.75, 3.05) is 5.73 Å². The van der Waals surface area contributed by atoms with Gasteiger partial charge in [0.2, 0.25) is 0 Å². The second-order valence-electron chi connectivity index (χ2n) is 3.53. The molecule has 0 amide bonds. The molecular formula is C9H15N3O3. The Balaban J connectivity index is 2.74. The highest BCUT2D eigenvalue weighted by Gasteiger charge is 2.02. The molecule has 0 aromatic carbocycles. The van der Waals surface area contributed by atoms with Crippen LogP contribution in [0.15, 0.2) is 15.8 Å². The Labute approximate surface area is 86.4 Å². The van der Waals surface area contributed by atoms with E-state index in [4.69, 9.17) is 10.8 Å². The molecule has 0 bridgehead atoms. The maximum absolute atomic E-state index is 11.3. The first-order valence-corrected chi connectivity index (χ1v) is 4.78. The summed E-state index contributed by atoms with van der Waals surface area (Å²) in [5.41, 5.74) is 4.35. The zero-order valence-corrected chi connectivity index (χ0v) is 8.56. The summed E-state index contributed by atoms with van der Waals surface area (Å²) in [6.07, 6.45) is 2.19. The van der Waals surface area contributed by atoms with Gasteiger partial charge in [0.15, 0.2) is 0 Å². The number of aliphatic hydroxyl groups excluding tert-OH is 1. The summed E-state index contributed by atoms with van der Waals surface area (Å²) < 4.78 is 1.33. The van der Waals surface area contributed by atoms with Crippen LogP contribution in [-0.2, 0) is 6.54 Å². The van der Waals surface area contributed by atoms with Crippen molar-refractivity contribution in [3.8, 4) is 0 Å². The van der Waals surface area contributed by atoms with Crippen LogP contribution in [0.2, 0.25) is 0 Å². The second kappa shape index (κ2) is 4.79. The summed E-state index contributed by atoms with van der Waals surface area (Å²) in [5, 5.41) is 9.03. The van der Waals surface area contributed by atoms with Crippen molar-refractivity contribution in [2.24, 2.45) is 0 Å². The van der Waals surface area contributed by atoms with Gasteiger partial charge in [-0.2, -0.15) is 0 Å². The molecule has 1 atom stereocenters. The molecule has 6 heteroatoms. The molecule has 0 fully saturated rings. The lowest BCUT2D eigenvalue weighted by Gasteiger charge is -2.06. The summed E-state index contributed by atoms with van der Waals surface area (Å²) in [5.74, 6) is 0. The largest absolute Gasteiger partial charge is 0.393 e. The zero-order valence-electron chi connectivity index (χ0n) is 8.56. The average molecular weight is 213 g/mol. The Morgan fingerprint density at radius 3 is 2.87 bits per heavy atom. The number of nitrogen functional groups attached to an aromatic ring is 1. The van der Waals surface area contributed by atoms with Gasteiger partial charge >= 0.3 is 5.69 Å². The second-order valence-corrected chi connectivity index (χ2v) is 3.53. The molecule has 15 heavy (non-hydrogen) atoms. The number of H-pyrrole nitrogens is 1. The highest BCUT2D eigenvalue weighted by Crippen LogP contribution is 1.98. The topological polar surface area (TPSA) is 101 Å². The van der Waals surface area contributed by atoms with E-state index in [-0.39, 0.29) is 11.8 Å². The van der Waals surface area contributed by atoms with E-state index in [0.29, 0.717) is 19.4 Å². The van der Waals surface area contributed by atoms with E-state index in [9.17, 15) is 9.59 Å². The van der Waals surface area contributed by atoms with Gasteiger partial charge in [0, 0.05) is 12.7 Å². The van der Waals surface area contributed by atoms with E-state index in [1.54, 1.807) is 6.92 Å². The Morgan fingerprint density at radius 2 is 2.27 bits per heavy atom. The van der Waals surface area contributed by atoms with Crippen LogP contribution >= 0.6 is 0 Å². The molecule has 0 aliphatic heterocycles. The molecule has 1 aromatic rings. The first-order valence-electron chi connectivity index (χ1n) is 4.78. The van der Waals surface area contributed by atoms with Crippen LogP contribution < -0.4 is 17.0 Å². The minimum atomic E-state index is -0.563. The van der Waals surface area contributed by atoms with Crippen LogP contribution in [0.1, 0.15) is 19.8 Å². The molecule has 4 N–H and O–H groups in total. The number of aromatic nitrogens is 2. The number of aryl methyl sites for hydroxylation is 1. The number of nitrogens with zero attached hydrogens (tertiary/aromatic N) is 1. The van der Waals surface area contributed by atoms with Gasteiger partial charge < -0.3 is 10.8 Å². The summed E-state index contributed by atoms with van der Waals surface area (Å²) in [6, 6.07) is 0. The first-order chi connectivity index (χ1) is 7.00. The third kappa shape index (κ3) is 3.25. The summed E-state index contributed by atoms with van der Waals surface area (Å²) in [6.45, 7) is 2.12. The molecule has 0 radical (unpaired) electrons. The van der Waals surface area contributed by atoms with Gasteiger partial charge in [-0.1, -0.05) is 0 Å². The van der Waals surface area contributed by atoms with Crippen LogP contribution in [0.5, 0.6) is 0 Å². The van der Waals surface area contributed by atoms with Crippen LogP contribution in [0, 0.1) is 0 Å². The van der Waals surface area contributed by atoms with Crippen LogP contribution in [0.3, 0.4) is 0 Å². The molecule has 0 aliphatic carbocycles. The molecule has 0 saturated heterocycles. The highest BCUT2D eigenvalue weighted by atomic mass is 16.3. The molecule has 0 spiro atoms. The van der Waals surface area contributed by atoms with Crippen LogP contribution in [0.4, 0.5) is 5.69 Å². The van der Waals surface area contributed by atoms with Gasteiger partial charge in [-0.05, 0) is 19.8 Å². The predicted molar refractivity (Wildman–Crippen MR) is 56.6 cm³/mol. The van der Waals surface area contributed by atoms with Gasteiger partial charge in [0.05, 0.1) is 6.10 Å². The summed E-state index contributed by atoms with van der Waals surface area (Å²) in [7, 11) is 0. The van der Waals surface area contributed by atoms with Crippen molar-refractivity contribution in [2.45, 2.75) is 32.4 Å². The third-order valence-corrected chi connectivity index (χ3v) is 2.06. The minimum absolute atomic E-state index is 0.0200. The van der Waals surface area contributed by atoms with Crippen LogP contribution in [0.25, 0.3) is 0 Å². The lowest BCUT2D eigenvalue weighted by molar-refractivity contribution is 0.179. The van der Waals surface area contributed by atoms with Crippen molar-refractivity contribution >= 4 is 5.69 Å². The molecule has 6 nitrogen and oxygen atoms in total. The molecule has 84 valence electrons. The van der Waals surface area contributed by atoms with Crippen molar-refractivity contribution in [1.82, 2.24) is 9.55 Å². The average Bonchev–Trinajstić information content (AvgIpc) is 2.13. The molecular weight excluding hydrogens is 198 g/mol. The van der Waals surface area contributed by atoms with Crippen molar-refractivity contribution in [1.29, 1.82) is 0 Å². The number of anilines is 1. The van der Waals surface area contributed by atoms with Crippen molar-refractivity contribution < 1.29 is 5.11 Å². The number of hydrogen-bond acceptors (Lipinski definition) is 4. The van der Waals surface area contributed by atoms with E-state index in [1.807, 2.05) is 0 Å². The lowest BCUT2D eigenvalue weighted by atomic mass is 10.2. The highest BCUT2D eigenvalue weighted by molar-refractivity contribution is 5.30. The number of rotatable bonds is 4. The first kappa shape index (κ1) is 11.5. The van der Waals surface area contributed by atoms with Gasteiger partial charge in [-0.15, -0.1) is 0 Å². The molecule has 1 rings (SSSR count). The number of aliphatic hydroxyl groups is 1. The van der Waals surface area contributed by atoms with E-state index in [2.05, 4.69) is 4.98 Å². The fourth-order valence-corrected chi connectivity index (χ4v) is 1.25. The Hall–Kier alpha value is -1.56. The molecule has 1 aromatic heterocycles. The number of hydrogen-bond donors (Lipinski definition) is 3. The van der Waals surface area contributed by atoms with E-state index >= 15 is 0 Å². The van der Waals surface area contributed by atoms with Gasteiger partial charge in [-0.25, -0.2) is 4.79 Å². The maximum Gasteiger partial charge on any atom is 0.328 e. The summed E-state index contributed by atoms with van der Waals surface area (Å²) in [4.78, 5) is 24.3. The van der Waals surface area contributed by atoms with Crippen LogP contribution in [-0.4, -0.2) is 20.8 Å². The van der Waals surface area contributed by atoms with Gasteiger partial charge in [-0.3, -0.25) is 14.3 Å². The Morgan fingerprint density at radius 1 is 1.60 bits per heavy atom. The fraction of sp³-hybridized carbons (Fsp3) is 0.556. The molecule has 0 saturated carbocycles. The number of nitrogens with one attached hydrogen (secondary N) is 1. The fourth-order valence-electron chi connectivity index (χ4n) is 1.25. The quantitative estimate of drug-likeness (QED) is 0.614. The number of aromatic amines is 1. The van der Waals surface area contributed by atoms with E-state index in [1.165, 1.54) is 10.8 Å². The predicted octanol–water partition coefficient (Wildman–Crippen LogP) is -0.720. The molecule has 1 unspecified atom stereocenters. The standard InChI is InChI=1S/C9H15N3O3/c1-6(13)3-2-4-12-5-7(10)8(14)11-9(12)15/h5-6,13H,2-4,10H2,1H3,(H,11,14,15). The summed E-state index contributed by atoms with van der Waals surface area (Å²) >= 11 is 0.